The maximum Gasteiger partial charge on any atom is 0.183 e. The van der Waals surface area contributed by atoms with Gasteiger partial charge in [-0.1, -0.05) is 0 Å². The van der Waals surface area contributed by atoms with E-state index in [0.717, 1.165) is 80.3 Å². The average Bonchev–Trinajstić information content (AvgIpc) is 3.29. The van der Waals surface area contributed by atoms with E-state index in [-0.39, 0.29) is 5.82 Å². The molecule has 0 saturated carbocycles. The molecule has 2 aromatic heterocycles. The minimum atomic E-state index is -0.235. The Morgan fingerprint density at radius 2 is 1.81 bits per heavy atom. The predicted octanol–water partition coefficient (Wildman–Crippen LogP) is 3.66. The molecule has 2 saturated heterocycles. The topological polar surface area (TPSA) is 66.4 Å². The summed E-state index contributed by atoms with van der Waals surface area (Å²) in [5.41, 5.74) is 1.79. The summed E-state index contributed by atoms with van der Waals surface area (Å²) >= 11 is 1.58. The molecule has 1 unspecified atom stereocenters. The van der Waals surface area contributed by atoms with Crippen LogP contribution in [0.15, 0.2) is 42.0 Å². The number of benzene rings is 1. The van der Waals surface area contributed by atoms with E-state index in [4.69, 9.17) is 9.72 Å². The lowest BCUT2D eigenvalue weighted by molar-refractivity contribution is 0.122. The number of nitrogens with one attached hydrogen (secondary N) is 1. The molecule has 1 atom stereocenters. The summed E-state index contributed by atoms with van der Waals surface area (Å²) in [7, 11) is 0. The second kappa shape index (κ2) is 9.15. The normalized spacial score (nSPS) is 19.5. The lowest BCUT2D eigenvalue weighted by Crippen LogP contribution is -2.42. The van der Waals surface area contributed by atoms with Gasteiger partial charge >= 0.3 is 0 Å². The Morgan fingerprint density at radius 3 is 2.61 bits per heavy atom. The third-order valence-corrected chi connectivity index (χ3v) is 6.46. The van der Waals surface area contributed by atoms with Crippen molar-refractivity contribution in [2.24, 2.45) is 0 Å². The maximum atomic E-state index is 13.2. The molecular formula is C22H25FN6OS. The van der Waals surface area contributed by atoms with Crippen molar-refractivity contribution < 1.29 is 9.13 Å². The van der Waals surface area contributed by atoms with Crippen molar-refractivity contribution in [2.45, 2.75) is 18.9 Å². The number of nitrogens with zero attached hydrogens (tertiary/aromatic N) is 5. The summed E-state index contributed by atoms with van der Waals surface area (Å²) in [6.07, 6.45) is 3.83. The maximum absolute atomic E-state index is 13.2. The van der Waals surface area contributed by atoms with Gasteiger partial charge in [0, 0.05) is 49.2 Å². The van der Waals surface area contributed by atoms with Gasteiger partial charge in [-0.25, -0.2) is 19.3 Å². The first kappa shape index (κ1) is 20.1. The van der Waals surface area contributed by atoms with E-state index in [1.54, 1.807) is 29.8 Å². The smallest absolute Gasteiger partial charge is 0.183 e. The number of anilines is 3. The molecule has 2 fully saturated rings. The van der Waals surface area contributed by atoms with Gasteiger partial charge in [0.15, 0.2) is 5.13 Å². The summed E-state index contributed by atoms with van der Waals surface area (Å²) in [5.74, 6) is 1.70. The van der Waals surface area contributed by atoms with E-state index in [0.29, 0.717) is 6.04 Å². The minimum Gasteiger partial charge on any atom is -0.378 e. The molecule has 0 aliphatic carbocycles. The van der Waals surface area contributed by atoms with Gasteiger partial charge in [-0.15, -0.1) is 11.3 Å². The summed E-state index contributed by atoms with van der Waals surface area (Å²) in [5, 5.41) is 6.48. The number of rotatable bonds is 5. The standard InChI is InChI=1S/C22H25FN6OS/c23-17-5-3-16(4-6-17)19-14-31-22(27-19)26-18-2-1-7-29(13-18)21-12-20(24-15-25-21)28-8-10-30-11-9-28/h3-6,12,14-15,18H,1-2,7-11,13H2,(H,26,27). The first-order valence-electron chi connectivity index (χ1n) is 10.6. The summed E-state index contributed by atoms with van der Waals surface area (Å²) in [4.78, 5) is 18.3. The van der Waals surface area contributed by atoms with Gasteiger partial charge in [-0.05, 0) is 37.1 Å². The Bertz CT molecular complexity index is 1010. The fraction of sp³-hybridized carbons (Fsp3) is 0.409. The average molecular weight is 441 g/mol. The second-order valence-electron chi connectivity index (χ2n) is 7.81. The molecule has 31 heavy (non-hydrogen) atoms. The van der Waals surface area contributed by atoms with E-state index in [1.807, 2.05) is 5.38 Å². The minimum absolute atomic E-state index is 0.235. The van der Waals surface area contributed by atoms with Crippen LogP contribution in [-0.4, -0.2) is 60.4 Å². The Morgan fingerprint density at radius 1 is 1.03 bits per heavy atom. The second-order valence-corrected chi connectivity index (χ2v) is 8.67. The molecule has 0 amide bonds. The highest BCUT2D eigenvalue weighted by molar-refractivity contribution is 7.14. The summed E-state index contributed by atoms with van der Waals surface area (Å²) < 4.78 is 18.6. The zero-order valence-electron chi connectivity index (χ0n) is 17.2. The number of halogens is 1. The Kier molecular flexibility index (Phi) is 5.95. The van der Waals surface area contributed by atoms with Gasteiger partial charge < -0.3 is 19.9 Å². The molecule has 9 heteroatoms. The fourth-order valence-corrected chi connectivity index (χ4v) is 4.84. The highest BCUT2D eigenvalue weighted by Gasteiger charge is 2.23. The Balaban J connectivity index is 1.24. The molecule has 1 N–H and O–H groups in total. The molecule has 4 heterocycles. The van der Waals surface area contributed by atoms with Crippen molar-refractivity contribution in [3.05, 3.63) is 47.9 Å². The van der Waals surface area contributed by atoms with Gasteiger partial charge in [0.05, 0.1) is 18.9 Å². The van der Waals surface area contributed by atoms with E-state index in [2.05, 4.69) is 31.2 Å². The molecule has 1 aromatic carbocycles. The van der Waals surface area contributed by atoms with Crippen molar-refractivity contribution in [1.29, 1.82) is 0 Å². The van der Waals surface area contributed by atoms with Gasteiger partial charge in [0.2, 0.25) is 0 Å². The van der Waals surface area contributed by atoms with Crippen LogP contribution in [0.4, 0.5) is 21.2 Å². The quantitative estimate of drug-likeness (QED) is 0.650. The van der Waals surface area contributed by atoms with Crippen molar-refractivity contribution in [1.82, 2.24) is 15.0 Å². The van der Waals surface area contributed by atoms with Crippen LogP contribution in [0.5, 0.6) is 0 Å². The lowest BCUT2D eigenvalue weighted by atomic mass is 10.1. The number of morpholine rings is 1. The van der Waals surface area contributed by atoms with Gasteiger partial charge in [-0.3, -0.25) is 0 Å². The SMILES string of the molecule is Fc1ccc(-c2csc(NC3CCCN(c4cc(N5CCOCC5)ncn4)C3)n2)cc1. The number of piperidine rings is 1. The molecule has 0 radical (unpaired) electrons. The Labute approximate surface area is 184 Å². The third kappa shape index (κ3) is 4.77. The molecule has 0 bridgehead atoms. The Hall–Kier alpha value is -2.78. The molecule has 7 nitrogen and oxygen atoms in total. The van der Waals surface area contributed by atoms with Gasteiger partial charge in [0.25, 0.3) is 0 Å². The predicted molar refractivity (Wildman–Crippen MR) is 121 cm³/mol. The molecule has 2 aliphatic heterocycles. The van der Waals surface area contributed by atoms with Gasteiger partial charge in [0.1, 0.15) is 23.8 Å². The van der Waals surface area contributed by atoms with Crippen LogP contribution in [0, 0.1) is 5.82 Å². The van der Waals surface area contributed by atoms with Crippen molar-refractivity contribution >= 4 is 28.1 Å². The number of ether oxygens (including phenoxy) is 1. The van der Waals surface area contributed by atoms with Crippen LogP contribution in [0.1, 0.15) is 12.8 Å². The first-order chi connectivity index (χ1) is 15.2. The summed E-state index contributed by atoms with van der Waals surface area (Å²) in [6.45, 7) is 5.05. The third-order valence-electron chi connectivity index (χ3n) is 5.69. The van der Waals surface area contributed by atoms with Crippen LogP contribution < -0.4 is 15.1 Å². The molecule has 0 spiro atoms. The van der Waals surface area contributed by atoms with Crippen molar-refractivity contribution in [3.8, 4) is 11.3 Å². The van der Waals surface area contributed by atoms with Crippen molar-refractivity contribution in [3.63, 3.8) is 0 Å². The summed E-state index contributed by atoms with van der Waals surface area (Å²) in [6, 6.07) is 8.84. The lowest BCUT2D eigenvalue weighted by Gasteiger charge is -2.34. The van der Waals surface area contributed by atoms with E-state index < -0.39 is 0 Å². The molecule has 3 aromatic rings. The molecule has 162 valence electrons. The number of thiazole rings is 1. The van der Waals surface area contributed by atoms with Crippen LogP contribution in [0.3, 0.4) is 0 Å². The van der Waals surface area contributed by atoms with E-state index in [9.17, 15) is 4.39 Å². The van der Waals surface area contributed by atoms with Crippen LogP contribution in [-0.2, 0) is 4.74 Å². The van der Waals surface area contributed by atoms with Crippen LogP contribution in [0.25, 0.3) is 11.3 Å². The molecular weight excluding hydrogens is 415 g/mol. The van der Waals surface area contributed by atoms with E-state index >= 15 is 0 Å². The highest BCUT2D eigenvalue weighted by atomic mass is 32.1. The number of aromatic nitrogens is 3. The highest BCUT2D eigenvalue weighted by Crippen LogP contribution is 2.28. The zero-order chi connectivity index (χ0) is 21.0. The number of hydrogen-bond acceptors (Lipinski definition) is 8. The fourth-order valence-electron chi connectivity index (χ4n) is 4.05. The van der Waals surface area contributed by atoms with Crippen molar-refractivity contribution in [2.75, 3.05) is 54.5 Å². The largest absolute Gasteiger partial charge is 0.378 e. The first-order valence-corrected chi connectivity index (χ1v) is 11.5. The number of hydrogen-bond donors (Lipinski definition) is 1. The van der Waals surface area contributed by atoms with E-state index in [1.165, 1.54) is 12.1 Å². The van der Waals surface area contributed by atoms with Crippen LogP contribution in [0.2, 0.25) is 0 Å². The van der Waals surface area contributed by atoms with Crippen LogP contribution >= 0.6 is 11.3 Å². The monoisotopic (exact) mass is 440 g/mol. The zero-order valence-corrected chi connectivity index (χ0v) is 18.0. The molecule has 5 rings (SSSR count). The molecule has 2 aliphatic rings. The van der Waals surface area contributed by atoms with Gasteiger partial charge in [-0.2, -0.15) is 0 Å².